The molecule has 1 atom stereocenters. The number of ether oxygens (including phenoxy) is 1. The van der Waals surface area contributed by atoms with E-state index in [2.05, 4.69) is 10.2 Å². The van der Waals surface area contributed by atoms with Gasteiger partial charge in [-0.15, -0.1) is 0 Å². The molecule has 1 unspecified atom stereocenters. The third-order valence-electron chi connectivity index (χ3n) is 3.22. The van der Waals surface area contributed by atoms with Gasteiger partial charge in [-0.1, -0.05) is 6.92 Å². The zero-order chi connectivity index (χ0) is 13.5. The number of carbonyl (C=O) groups excluding carboxylic acids is 2. The van der Waals surface area contributed by atoms with Crippen molar-refractivity contribution in [2.75, 3.05) is 26.2 Å². The molecular weight excluding hydrogens is 232 g/mol. The number of likely N-dealkylation sites (tertiary alicyclic amines) is 1. The van der Waals surface area contributed by atoms with E-state index in [9.17, 15) is 9.59 Å². The van der Waals surface area contributed by atoms with E-state index in [0.717, 1.165) is 32.5 Å². The van der Waals surface area contributed by atoms with E-state index in [1.165, 1.54) is 0 Å². The molecule has 0 aromatic carbocycles. The highest BCUT2D eigenvalue weighted by Crippen LogP contribution is 2.12. The molecule has 0 aromatic heterocycles. The predicted molar refractivity (Wildman–Crippen MR) is 69.1 cm³/mol. The zero-order valence-electron chi connectivity index (χ0n) is 11.6. The van der Waals surface area contributed by atoms with E-state index in [1.807, 2.05) is 13.8 Å². The minimum absolute atomic E-state index is 0.0355. The highest BCUT2D eigenvalue weighted by molar-refractivity contribution is 5.73. The van der Waals surface area contributed by atoms with Crippen LogP contribution in [0, 0.1) is 5.92 Å². The van der Waals surface area contributed by atoms with Gasteiger partial charge in [0.2, 0.25) is 5.91 Å². The maximum absolute atomic E-state index is 11.5. The number of piperidine rings is 1. The average molecular weight is 256 g/mol. The van der Waals surface area contributed by atoms with Crippen LogP contribution >= 0.6 is 0 Å². The van der Waals surface area contributed by atoms with E-state index in [0.29, 0.717) is 6.61 Å². The smallest absolute Gasteiger partial charge is 0.309 e. The van der Waals surface area contributed by atoms with Gasteiger partial charge >= 0.3 is 5.97 Å². The summed E-state index contributed by atoms with van der Waals surface area (Å²) in [5.41, 5.74) is 0. The van der Waals surface area contributed by atoms with Crippen LogP contribution in [0.4, 0.5) is 0 Å². The number of amides is 1. The molecule has 18 heavy (non-hydrogen) atoms. The summed E-state index contributed by atoms with van der Waals surface area (Å²) in [6, 6.07) is 0.289. The van der Waals surface area contributed by atoms with Gasteiger partial charge in [0.25, 0.3) is 0 Å². The minimum Gasteiger partial charge on any atom is -0.466 e. The molecule has 5 heteroatoms. The molecule has 1 saturated heterocycles. The lowest BCUT2D eigenvalue weighted by Gasteiger charge is -2.33. The van der Waals surface area contributed by atoms with Gasteiger partial charge in [-0.05, 0) is 19.8 Å². The Morgan fingerprint density at radius 1 is 1.39 bits per heavy atom. The van der Waals surface area contributed by atoms with Crippen LogP contribution < -0.4 is 5.32 Å². The highest BCUT2D eigenvalue weighted by atomic mass is 16.5. The first-order chi connectivity index (χ1) is 8.52. The molecule has 1 rings (SSSR count). The van der Waals surface area contributed by atoms with E-state index in [1.54, 1.807) is 6.92 Å². The minimum atomic E-state index is -0.124. The molecule has 1 fully saturated rings. The molecule has 5 nitrogen and oxygen atoms in total. The van der Waals surface area contributed by atoms with E-state index in [4.69, 9.17) is 4.74 Å². The number of carbonyl (C=O) groups is 2. The van der Waals surface area contributed by atoms with Crippen LogP contribution in [-0.2, 0) is 14.3 Å². The molecule has 1 aliphatic rings. The average Bonchev–Trinajstić information content (AvgIpc) is 2.31. The number of nitrogens with one attached hydrogen (secondary N) is 1. The summed E-state index contributed by atoms with van der Waals surface area (Å²) in [5.74, 6) is -0.169. The van der Waals surface area contributed by atoms with Gasteiger partial charge in [0, 0.05) is 32.6 Å². The molecule has 1 aliphatic heterocycles. The highest BCUT2D eigenvalue weighted by Gasteiger charge is 2.23. The van der Waals surface area contributed by atoms with Gasteiger partial charge in [0.1, 0.15) is 0 Å². The van der Waals surface area contributed by atoms with Gasteiger partial charge in [0.15, 0.2) is 0 Å². The first kappa shape index (κ1) is 15.0. The monoisotopic (exact) mass is 256 g/mol. The SMILES string of the molecule is CCOC(=O)C(C)CN1CCC(NC(C)=O)CC1. The van der Waals surface area contributed by atoms with Crippen molar-refractivity contribution >= 4 is 11.9 Å². The Labute approximate surface area is 109 Å². The van der Waals surface area contributed by atoms with Crippen LogP contribution in [0.15, 0.2) is 0 Å². The van der Waals surface area contributed by atoms with Crippen molar-refractivity contribution in [3.05, 3.63) is 0 Å². The Morgan fingerprint density at radius 2 is 2.00 bits per heavy atom. The first-order valence-corrected chi connectivity index (χ1v) is 6.69. The van der Waals surface area contributed by atoms with Crippen molar-refractivity contribution in [3.63, 3.8) is 0 Å². The molecule has 0 saturated carbocycles. The number of esters is 1. The van der Waals surface area contributed by atoms with Crippen LogP contribution in [0.5, 0.6) is 0 Å². The normalized spacial score (nSPS) is 19.3. The molecule has 1 amide bonds. The number of rotatable bonds is 5. The molecule has 104 valence electrons. The Bertz CT molecular complexity index is 286. The summed E-state index contributed by atoms with van der Waals surface area (Å²) < 4.78 is 5.00. The summed E-state index contributed by atoms with van der Waals surface area (Å²) in [5, 5.41) is 2.94. The van der Waals surface area contributed by atoms with Crippen LogP contribution in [0.2, 0.25) is 0 Å². The van der Waals surface area contributed by atoms with Gasteiger partial charge < -0.3 is 15.0 Å². The standard InChI is InChI=1S/C13H24N2O3/c1-4-18-13(17)10(2)9-15-7-5-12(6-8-15)14-11(3)16/h10,12H,4-9H2,1-3H3,(H,14,16). The predicted octanol–water partition coefficient (Wildman–Crippen LogP) is 0.786. The van der Waals surface area contributed by atoms with Crippen molar-refractivity contribution in [2.24, 2.45) is 5.92 Å². The molecule has 1 heterocycles. The Morgan fingerprint density at radius 3 is 2.50 bits per heavy atom. The third kappa shape index (κ3) is 5.04. The van der Waals surface area contributed by atoms with Crippen molar-refractivity contribution in [2.45, 2.75) is 39.7 Å². The number of hydrogen-bond acceptors (Lipinski definition) is 4. The first-order valence-electron chi connectivity index (χ1n) is 6.69. The van der Waals surface area contributed by atoms with Crippen molar-refractivity contribution < 1.29 is 14.3 Å². The summed E-state index contributed by atoms with van der Waals surface area (Å²) in [6.07, 6.45) is 1.91. The van der Waals surface area contributed by atoms with Crippen molar-refractivity contribution in [1.82, 2.24) is 10.2 Å². The lowest BCUT2D eigenvalue weighted by molar-refractivity contribution is -0.148. The molecule has 0 radical (unpaired) electrons. The van der Waals surface area contributed by atoms with Gasteiger partial charge in [-0.3, -0.25) is 9.59 Å². The largest absolute Gasteiger partial charge is 0.466 e. The quantitative estimate of drug-likeness (QED) is 0.739. The molecule has 0 spiro atoms. The second-order valence-corrected chi connectivity index (χ2v) is 4.93. The van der Waals surface area contributed by atoms with Crippen LogP contribution in [0.25, 0.3) is 0 Å². The van der Waals surface area contributed by atoms with Crippen molar-refractivity contribution in [3.8, 4) is 0 Å². The van der Waals surface area contributed by atoms with E-state index in [-0.39, 0.29) is 23.8 Å². The number of hydrogen-bond donors (Lipinski definition) is 1. The Kier molecular flexibility index (Phi) is 6.12. The summed E-state index contributed by atoms with van der Waals surface area (Å²) in [7, 11) is 0. The summed E-state index contributed by atoms with van der Waals surface area (Å²) >= 11 is 0. The van der Waals surface area contributed by atoms with Gasteiger partial charge in [-0.2, -0.15) is 0 Å². The maximum atomic E-state index is 11.5. The second kappa shape index (κ2) is 7.36. The molecule has 0 aliphatic carbocycles. The lowest BCUT2D eigenvalue weighted by atomic mass is 10.0. The van der Waals surface area contributed by atoms with E-state index < -0.39 is 0 Å². The summed E-state index contributed by atoms with van der Waals surface area (Å²) in [4.78, 5) is 24.7. The summed E-state index contributed by atoms with van der Waals surface area (Å²) in [6.45, 7) is 8.30. The zero-order valence-corrected chi connectivity index (χ0v) is 11.6. The number of nitrogens with zero attached hydrogens (tertiary/aromatic N) is 1. The second-order valence-electron chi connectivity index (χ2n) is 4.93. The molecule has 0 aromatic rings. The Balaban J connectivity index is 2.26. The topological polar surface area (TPSA) is 58.6 Å². The molecule has 0 bridgehead atoms. The van der Waals surface area contributed by atoms with Crippen molar-refractivity contribution in [1.29, 1.82) is 0 Å². The fourth-order valence-electron chi connectivity index (χ4n) is 2.29. The van der Waals surface area contributed by atoms with Crippen LogP contribution in [0.1, 0.15) is 33.6 Å². The van der Waals surface area contributed by atoms with Gasteiger partial charge in [-0.25, -0.2) is 0 Å². The maximum Gasteiger partial charge on any atom is 0.309 e. The lowest BCUT2D eigenvalue weighted by Crippen LogP contribution is -2.45. The van der Waals surface area contributed by atoms with Crippen LogP contribution in [0.3, 0.4) is 0 Å². The molecule has 1 N–H and O–H groups in total. The fraction of sp³-hybridized carbons (Fsp3) is 0.846. The van der Waals surface area contributed by atoms with Gasteiger partial charge in [0.05, 0.1) is 12.5 Å². The van der Waals surface area contributed by atoms with E-state index >= 15 is 0 Å². The molecular formula is C13H24N2O3. The third-order valence-corrected chi connectivity index (χ3v) is 3.22. The fourth-order valence-corrected chi connectivity index (χ4v) is 2.29. The Hall–Kier alpha value is -1.10. The van der Waals surface area contributed by atoms with Crippen LogP contribution in [-0.4, -0.2) is 49.1 Å².